The molecule has 198 valence electrons. The molecule has 0 spiro atoms. The van der Waals surface area contributed by atoms with E-state index < -0.39 is 29.6 Å². The molecule has 0 radical (unpaired) electrons. The highest BCUT2D eigenvalue weighted by molar-refractivity contribution is 9.12. The lowest BCUT2D eigenvalue weighted by Gasteiger charge is -2.42. The van der Waals surface area contributed by atoms with Crippen LogP contribution in [0, 0.1) is 17.8 Å². The predicted octanol–water partition coefficient (Wildman–Crippen LogP) is 4.17. The van der Waals surface area contributed by atoms with Gasteiger partial charge < -0.3 is 10.2 Å². The van der Waals surface area contributed by atoms with Crippen molar-refractivity contribution >= 4 is 56.1 Å². The number of allylic oxidation sites excluding steroid dienone is 6. The molecule has 39 heavy (non-hydrogen) atoms. The molecule has 1 fully saturated rings. The molecule has 0 bridgehead atoms. The third kappa shape index (κ3) is 3.90. The summed E-state index contributed by atoms with van der Waals surface area (Å²) in [6.07, 6.45) is 3.56. The predicted molar refractivity (Wildman–Crippen MR) is 144 cm³/mol. The largest absolute Gasteiger partial charge is 0.507 e. The molecule has 2 aromatic carbocycles. The summed E-state index contributed by atoms with van der Waals surface area (Å²) in [5.41, 5.74) is 1.81. The number of carbonyl (C=O) groups excluding carboxylic acids is 4. The van der Waals surface area contributed by atoms with E-state index >= 15 is 0 Å². The van der Waals surface area contributed by atoms with Crippen molar-refractivity contribution in [3.8, 4) is 5.75 Å². The Balaban J connectivity index is 1.47. The summed E-state index contributed by atoms with van der Waals surface area (Å²) >= 11 is 3.21. The number of hydrogen-bond acceptors (Lipinski definition) is 6. The fourth-order valence-electron chi connectivity index (χ4n) is 6.74. The number of likely N-dealkylation sites (tertiary alicyclic amines) is 1. The van der Waals surface area contributed by atoms with Crippen LogP contribution in [0.1, 0.15) is 37.2 Å². The van der Waals surface area contributed by atoms with Crippen LogP contribution in [0.5, 0.6) is 5.75 Å². The van der Waals surface area contributed by atoms with Crippen LogP contribution in [-0.2, 0) is 24.0 Å². The van der Waals surface area contributed by atoms with Gasteiger partial charge in [-0.15, -0.1) is 0 Å². The lowest BCUT2D eigenvalue weighted by atomic mass is 9.59. The van der Waals surface area contributed by atoms with E-state index in [2.05, 4.69) is 15.9 Å². The second-order valence-corrected chi connectivity index (χ2v) is 11.3. The summed E-state index contributed by atoms with van der Waals surface area (Å²) in [4.78, 5) is 65.7. The summed E-state index contributed by atoms with van der Waals surface area (Å²) in [7, 11) is 0. The Kier molecular flexibility index (Phi) is 6.14. The van der Waals surface area contributed by atoms with Gasteiger partial charge in [0.05, 0.1) is 16.3 Å². The summed E-state index contributed by atoms with van der Waals surface area (Å²) in [5.74, 6) is -4.98. The molecule has 4 aliphatic rings. The normalized spacial score (nSPS) is 26.3. The van der Waals surface area contributed by atoms with E-state index in [1.54, 1.807) is 12.1 Å². The molecule has 1 saturated heterocycles. The summed E-state index contributed by atoms with van der Waals surface area (Å²) in [6.45, 7) is 0.0214. The number of carbonyl (C=O) groups is 5. The number of carboxylic acid groups (broad SMARTS) is 1. The number of imide groups is 1. The Hall–Kier alpha value is -3.85. The van der Waals surface area contributed by atoms with Gasteiger partial charge in [0.1, 0.15) is 5.75 Å². The lowest BCUT2D eigenvalue weighted by molar-refractivity contribution is -0.142. The average Bonchev–Trinajstić information content (AvgIpc) is 3.16. The van der Waals surface area contributed by atoms with Gasteiger partial charge in [-0.05, 0) is 46.5 Å². The van der Waals surface area contributed by atoms with Gasteiger partial charge in [-0.1, -0.05) is 48.0 Å². The third-order valence-electron chi connectivity index (χ3n) is 8.44. The van der Waals surface area contributed by atoms with Crippen molar-refractivity contribution in [1.29, 1.82) is 0 Å². The van der Waals surface area contributed by atoms with Gasteiger partial charge in [0.2, 0.25) is 11.8 Å². The smallest absolute Gasteiger partial charge is 0.303 e. The fourth-order valence-corrected chi connectivity index (χ4v) is 7.19. The minimum absolute atomic E-state index is 0.00612. The Labute approximate surface area is 231 Å². The molecular formula is C30H24BrNO7. The number of carboxylic acids is 1. The second kappa shape index (κ2) is 9.41. The number of fused-ring (bicyclic) bond motifs is 4. The number of halogens is 1. The van der Waals surface area contributed by atoms with E-state index in [0.29, 0.717) is 22.1 Å². The van der Waals surface area contributed by atoms with Crippen molar-refractivity contribution in [2.24, 2.45) is 17.8 Å². The lowest BCUT2D eigenvalue weighted by Crippen LogP contribution is -2.39. The number of aromatic hydroxyl groups is 1. The number of phenolic OH excluding ortho intramolecular Hbond substituents is 1. The summed E-state index contributed by atoms with van der Waals surface area (Å²) in [5, 5.41) is 21.8. The molecule has 4 atom stereocenters. The maximum atomic E-state index is 13.6. The first-order chi connectivity index (χ1) is 18.7. The van der Waals surface area contributed by atoms with E-state index in [-0.39, 0.29) is 65.8 Å². The van der Waals surface area contributed by atoms with E-state index in [1.165, 1.54) is 6.08 Å². The summed E-state index contributed by atoms with van der Waals surface area (Å²) in [6, 6.07) is 10.9. The topological polar surface area (TPSA) is 129 Å². The minimum atomic E-state index is -1.00. The Morgan fingerprint density at radius 3 is 2.56 bits per heavy atom. The number of nitrogens with zero attached hydrogens (tertiary/aromatic N) is 1. The maximum absolute atomic E-state index is 13.6. The first kappa shape index (κ1) is 25.4. The molecule has 8 nitrogen and oxygen atoms in total. The number of Topliss-reactive ketones (excluding diaryl/α,β-unsaturated/α-hetero) is 1. The third-order valence-corrected chi connectivity index (χ3v) is 9.03. The molecule has 2 N–H and O–H groups in total. The summed E-state index contributed by atoms with van der Waals surface area (Å²) < 4.78 is 0.136. The number of benzene rings is 2. The maximum Gasteiger partial charge on any atom is 0.303 e. The van der Waals surface area contributed by atoms with E-state index in [1.807, 2.05) is 30.3 Å². The monoisotopic (exact) mass is 589 g/mol. The van der Waals surface area contributed by atoms with Gasteiger partial charge in [-0.2, -0.15) is 0 Å². The standard InChI is InChI=1S/C30H24BrNO7/c31-21-13-22(33)26-20(28(21)37)12-19-16(24(26)17-8-7-14-4-1-2-5-15(14)27(17)36)9-10-18-25(19)30(39)32(29(18)38)11-3-6-23(34)35/h1-2,4-5,7-9,13,18-19,24-25,36H,3,6,10-12H2,(H,34,35)/t18-,19+,24+,25-/m0/s1. The number of rotatable bonds is 5. The Bertz CT molecular complexity index is 1600. The molecule has 1 aliphatic heterocycles. The van der Waals surface area contributed by atoms with Crippen molar-refractivity contribution in [3.63, 3.8) is 0 Å². The zero-order valence-corrected chi connectivity index (χ0v) is 22.3. The molecular weight excluding hydrogens is 566 g/mol. The molecule has 2 amide bonds. The highest BCUT2D eigenvalue weighted by Crippen LogP contribution is 2.56. The molecule has 0 unspecified atom stereocenters. The van der Waals surface area contributed by atoms with Crippen LogP contribution in [0.2, 0.25) is 0 Å². The molecule has 0 saturated carbocycles. The number of ketones is 2. The van der Waals surface area contributed by atoms with Crippen LogP contribution in [-0.4, -0.2) is 51.0 Å². The fraction of sp³-hybridized carbons (Fsp3) is 0.300. The van der Waals surface area contributed by atoms with Gasteiger partial charge in [0.15, 0.2) is 11.6 Å². The van der Waals surface area contributed by atoms with Crippen molar-refractivity contribution in [3.05, 3.63) is 75.3 Å². The highest BCUT2D eigenvalue weighted by atomic mass is 79.9. The van der Waals surface area contributed by atoms with Crippen molar-refractivity contribution in [2.45, 2.75) is 31.6 Å². The molecule has 0 aromatic heterocycles. The average molecular weight is 590 g/mol. The van der Waals surface area contributed by atoms with Crippen LogP contribution in [0.3, 0.4) is 0 Å². The number of amides is 2. The molecule has 6 rings (SSSR count). The van der Waals surface area contributed by atoms with Crippen LogP contribution >= 0.6 is 15.9 Å². The number of aliphatic carboxylic acids is 1. The van der Waals surface area contributed by atoms with Crippen molar-refractivity contribution < 1.29 is 34.2 Å². The molecule has 2 aromatic rings. The van der Waals surface area contributed by atoms with Crippen molar-refractivity contribution in [2.75, 3.05) is 6.54 Å². The first-order valence-corrected chi connectivity index (χ1v) is 13.6. The van der Waals surface area contributed by atoms with Gasteiger partial charge in [0.25, 0.3) is 0 Å². The number of phenols is 1. The van der Waals surface area contributed by atoms with Gasteiger partial charge >= 0.3 is 5.97 Å². The molecule has 3 aliphatic carbocycles. The Morgan fingerprint density at radius 1 is 1.03 bits per heavy atom. The van der Waals surface area contributed by atoms with Crippen molar-refractivity contribution in [1.82, 2.24) is 4.90 Å². The van der Waals surface area contributed by atoms with Gasteiger partial charge in [-0.25, -0.2) is 0 Å². The van der Waals surface area contributed by atoms with Crippen LogP contribution in [0.4, 0.5) is 0 Å². The number of hydrogen-bond donors (Lipinski definition) is 2. The van der Waals surface area contributed by atoms with Crippen LogP contribution in [0.25, 0.3) is 10.8 Å². The van der Waals surface area contributed by atoms with E-state index in [0.717, 1.165) is 15.9 Å². The first-order valence-electron chi connectivity index (χ1n) is 12.9. The molecule has 1 heterocycles. The van der Waals surface area contributed by atoms with Gasteiger partial charge in [0, 0.05) is 47.1 Å². The zero-order chi connectivity index (χ0) is 27.6. The zero-order valence-electron chi connectivity index (χ0n) is 20.7. The van der Waals surface area contributed by atoms with E-state index in [4.69, 9.17) is 5.11 Å². The quantitative estimate of drug-likeness (QED) is 0.304. The van der Waals surface area contributed by atoms with Gasteiger partial charge in [-0.3, -0.25) is 28.9 Å². The van der Waals surface area contributed by atoms with E-state index in [9.17, 15) is 29.1 Å². The SMILES string of the molecule is O=C(O)CCCN1C(=O)[C@H]2[C@H](CC=C3[C@H](c4ccc5ccccc5c4O)C4=C(C[C@H]32)C(=O)C(Br)=CC4=O)C1=O. The van der Waals surface area contributed by atoms with Crippen LogP contribution < -0.4 is 0 Å². The second-order valence-electron chi connectivity index (χ2n) is 10.4. The Morgan fingerprint density at radius 2 is 1.79 bits per heavy atom. The molecule has 9 heteroatoms. The minimum Gasteiger partial charge on any atom is -0.507 e. The van der Waals surface area contributed by atoms with Crippen LogP contribution in [0.15, 0.2) is 69.8 Å². The highest BCUT2D eigenvalue weighted by Gasteiger charge is 2.56.